The molecule has 6 heteroatoms. The molecule has 0 spiro atoms. The lowest BCUT2D eigenvalue weighted by Gasteiger charge is -2.17. The number of amides is 2. The normalized spacial score (nSPS) is 17.6. The summed E-state index contributed by atoms with van der Waals surface area (Å²) in [6.07, 6.45) is 1.48. The Kier molecular flexibility index (Phi) is 7.05. The summed E-state index contributed by atoms with van der Waals surface area (Å²) in [6, 6.07) is 24.1. The van der Waals surface area contributed by atoms with Gasteiger partial charge in [-0.1, -0.05) is 55.5 Å². The predicted molar refractivity (Wildman–Crippen MR) is 128 cm³/mol. The van der Waals surface area contributed by atoms with Gasteiger partial charge in [-0.25, -0.2) is 0 Å². The predicted octanol–water partition coefficient (Wildman–Crippen LogP) is 4.12. The second-order valence-corrected chi connectivity index (χ2v) is 8.35. The molecule has 6 nitrogen and oxygen atoms in total. The van der Waals surface area contributed by atoms with E-state index < -0.39 is 6.04 Å². The average Bonchev–Trinajstić information content (AvgIpc) is 3.58. The van der Waals surface area contributed by atoms with E-state index in [-0.39, 0.29) is 17.9 Å². The summed E-state index contributed by atoms with van der Waals surface area (Å²) < 4.78 is 5.99. The van der Waals surface area contributed by atoms with Crippen LogP contribution in [0.5, 0.6) is 11.5 Å². The van der Waals surface area contributed by atoms with E-state index >= 15 is 0 Å². The first-order chi connectivity index (χ1) is 16.0. The average molecular weight is 444 g/mol. The van der Waals surface area contributed by atoms with E-state index in [0.29, 0.717) is 35.9 Å². The Hall–Kier alpha value is -3.64. The van der Waals surface area contributed by atoms with Gasteiger partial charge in [0.1, 0.15) is 17.5 Å². The molecule has 0 saturated heterocycles. The third kappa shape index (κ3) is 5.99. The lowest BCUT2D eigenvalue weighted by atomic mass is 10.1. The number of nitrogens with one attached hydrogen (secondary N) is 2. The number of hydrogen-bond donors (Lipinski definition) is 3. The molecule has 3 aromatic rings. The summed E-state index contributed by atoms with van der Waals surface area (Å²) in [4.78, 5) is 25.4. The second-order valence-electron chi connectivity index (χ2n) is 8.35. The van der Waals surface area contributed by atoms with Crippen molar-refractivity contribution in [2.45, 2.75) is 44.3 Å². The number of carbonyl (C=O) groups is 2. The number of ether oxygens (including phenoxy) is 1. The van der Waals surface area contributed by atoms with Crippen LogP contribution in [0.15, 0.2) is 78.9 Å². The highest BCUT2D eigenvalue weighted by Gasteiger charge is 2.34. The fraction of sp³-hybridized carbons (Fsp3) is 0.259. The van der Waals surface area contributed by atoms with E-state index in [1.165, 1.54) is 5.56 Å². The van der Waals surface area contributed by atoms with Gasteiger partial charge in [0.15, 0.2) is 0 Å². The van der Waals surface area contributed by atoms with Gasteiger partial charge in [0, 0.05) is 24.1 Å². The maximum absolute atomic E-state index is 12.8. The topological polar surface area (TPSA) is 93.4 Å². The van der Waals surface area contributed by atoms with Gasteiger partial charge in [0.05, 0.1) is 0 Å². The van der Waals surface area contributed by atoms with Crippen molar-refractivity contribution in [1.82, 2.24) is 10.6 Å². The first kappa shape index (κ1) is 22.6. The third-order valence-electron chi connectivity index (χ3n) is 5.80. The molecule has 0 unspecified atom stereocenters. The van der Waals surface area contributed by atoms with Gasteiger partial charge in [-0.05, 0) is 54.3 Å². The summed E-state index contributed by atoms with van der Waals surface area (Å²) >= 11 is 0. The minimum absolute atomic E-state index is 0.211. The summed E-state index contributed by atoms with van der Waals surface area (Å²) in [7, 11) is 0. The zero-order valence-electron chi connectivity index (χ0n) is 18.7. The Morgan fingerprint density at radius 1 is 1.00 bits per heavy atom. The lowest BCUT2D eigenvalue weighted by Crippen LogP contribution is -2.46. The van der Waals surface area contributed by atoms with Gasteiger partial charge in [0.2, 0.25) is 5.91 Å². The molecular formula is C27H29N3O3. The van der Waals surface area contributed by atoms with Crippen LogP contribution in [-0.4, -0.2) is 23.9 Å². The fourth-order valence-electron chi connectivity index (χ4n) is 3.75. The first-order valence-corrected chi connectivity index (χ1v) is 11.3. The van der Waals surface area contributed by atoms with Gasteiger partial charge in [-0.15, -0.1) is 0 Å². The van der Waals surface area contributed by atoms with Crippen LogP contribution in [0.2, 0.25) is 0 Å². The standard InChI is InChI=1S/C27H29N3O3/c1-2-25(27(32)29-17-18-8-4-3-5-9-18)30-26(31)20-11-7-13-22(15-20)33-21-12-6-10-19(14-21)23-16-24(23)28/h3-15,23-25H,2,16-17,28H2,1H3,(H,29,32)(H,30,31)/t23-,24+,25-/m0/s1. The molecular weight excluding hydrogens is 414 g/mol. The molecule has 1 saturated carbocycles. The number of hydrogen-bond acceptors (Lipinski definition) is 4. The van der Waals surface area contributed by atoms with Crippen molar-refractivity contribution in [3.05, 3.63) is 95.6 Å². The number of carbonyl (C=O) groups excluding carboxylic acids is 2. The monoisotopic (exact) mass is 443 g/mol. The van der Waals surface area contributed by atoms with E-state index in [4.69, 9.17) is 10.5 Å². The van der Waals surface area contributed by atoms with Crippen LogP contribution in [0.3, 0.4) is 0 Å². The van der Waals surface area contributed by atoms with Gasteiger partial charge in [-0.3, -0.25) is 9.59 Å². The minimum Gasteiger partial charge on any atom is -0.457 e. The minimum atomic E-state index is -0.620. The number of benzene rings is 3. The summed E-state index contributed by atoms with van der Waals surface area (Å²) in [6.45, 7) is 2.28. The van der Waals surface area contributed by atoms with E-state index in [2.05, 4.69) is 16.7 Å². The largest absolute Gasteiger partial charge is 0.457 e. The van der Waals surface area contributed by atoms with Crippen molar-refractivity contribution in [3.63, 3.8) is 0 Å². The maximum atomic E-state index is 12.8. The maximum Gasteiger partial charge on any atom is 0.252 e. The first-order valence-electron chi connectivity index (χ1n) is 11.3. The molecule has 1 aliphatic rings. The molecule has 0 aliphatic heterocycles. The van der Waals surface area contributed by atoms with Crippen LogP contribution in [0, 0.1) is 0 Å². The Morgan fingerprint density at radius 3 is 2.39 bits per heavy atom. The van der Waals surface area contributed by atoms with Gasteiger partial charge in [0.25, 0.3) is 5.91 Å². The molecule has 3 atom stereocenters. The fourth-order valence-corrected chi connectivity index (χ4v) is 3.75. The van der Waals surface area contributed by atoms with Gasteiger partial charge >= 0.3 is 0 Å². The summed E-state index contributed by atoms with van der Waals surface area (Å²) in [5.74, 6) is 1.12. The van der Waals surface area contributed by atoms with E-state index in [9.17, 15) is 9.59 Å². The highest BCUT2D eigenvalue weighted by Crippen LogP contribution is 2.40. The highest BCUT2D eigenvalue weighted by molar-refractivity contribution is 5.97. The lowest BCUT2D eigenvalue weighted by molar-refractivity contribution is -0.123. The van der Waals surface area contributed by atoms with Crippen molar-refractivity contribution in [3.8, 4) is 11.5 Å². The van der Waals surface area contributed by atoms with Crippen LogP contribution in [-0.2, 0) is 11.3 Å². The van der Waals surface area contributed by atoms with Gasteiger partial charge in [-0.2, -0.15) is 0 Å². The molecule has 0 bridgehead atoms. The van der Waals surface area contributed by atoms with Crippen LogP contribution >= 0.6 is 0 Å². The Balaban J connectivity index is 1.37. The molecule has 3 aromatic carbocycles. The van der Waals surface area contributed by atoms with Crippen molar-refractivity contribution in [2.24, 2.45) is 5.73 Å². The molecule has 0 radical (unpaired) electrons. The molecule has 0 heterocycles. The Labute approximate surface area is 194 Å². The smallest absolute Gasteiger partial charge is 0.252 e. The van der Waals surface area contributed by atoms with Crippen LogP contribution in [0.4, 0.5) is 0 Å². The number of rotatable bonds is 9. The van der Waals surface area contributed by atoms with E-state index in [1.807, 2.05) is 55.5 Å². The second kappa shape index (κ2) is 10.3. The zero-order valence-corrected chi connectivity index (χ0v) is 18.7. The van der Waals surface area contributed by atoms with Crippen molar-refractivity contribution < 1.29 is 14.3 Å². The molecule has 170 valence electrons. The Bertz CT molecular complexity index is 1120. The van der Waals surface area contributed by atoms with Crippen molar-refractivity contribution >= 4 is 11.8 Å². The molecule has 0 aromatic heterocycles. The van der Waals surface area contributed by atoms with E-state index in [1.54, 1.807) is 24.3 Å². The summed E-state index contributed by atoms with van der Waals surface area (Å²) in [5, 5.41) is 5.71. The molecule has 1 fully saturated rings. The number of nitrogens with two attached hydrogens (primary N) is 1. The van der Waals surface area contributed by atoms with Crippen LogP contribution < -0.4 is 21.1 Å². The van der Waals surface area contributed by atoms with Gasteiger partial charge < -0.3 is 21.1 Å². The molecule has 2 amide bonds. The molecule has 4 rings (SSSR count). The highest BCUT2D eigenvalue weighted by atomic mass is 16.5. The van der Waals surface area contributed by atoms with Crippen molar-refractivity contribution in [1.29, 1.82) is 0 Å². The molecule has 1 aliphatic carbocycles. The molecule has 33 heavy (non-hydrogen) atoms. The van der Waals surface area contributed by atoms with Crippen molar-refractivity contribution in [2.75, 3.05) is 0 Å². The van der Waals surface area contributed by atoms with Crippen LogP contribution in [0.25, 0.3) is 0 Å². The van der Waals surface area contributed by atoms with E-state index in [0.717, 1.165) is 12.0 Å². The zero-order chi connectivity index (χ0) is 23.2. The third-order valence-corrected chi connectivity index (χ3v) is 5.80. The Morgan fingerprint density at radius 2 is 1.70 bits per heavy atom. The SMILES string of the molecule is CC[C@H](NC(=O)c1cccc(Oc2cccc([C@@H]3C[C@H]3N)c2)c1)C(=O)NCc1ccccc1. The summed E-state index contributed by atoms with van der Waals surface area (Å²) in [5.41, 5.74) is 8.57. The quantitative estimate of drug-likeness (QED) is 0.464. The molecule has 4 N–H and O–H groups in total. The van der Waals surface area contributed by atoms with Crippen LogP contribution in [0.1, 0.15) is 47.2 Å².